The third-order valence-corrected chi connectivity index (χ3v) is 3.68. The van der Waals surface area contributed by atoms with Crippen molar-refractivity contribution < 1.29 is 9.90 Å². The molecular formula is C16H24N2O2. The van der Waals surface area contributed by atoms with E-state index in [0.717, 1.165) is 25.1 Å². The fourth-order valence-electron chi connectivity index (χ4n) is 2.55. The molecule has 0 spiro atoms. The molecule has 1 aliphatic rings. The van der Waals surface area contributed by atoms with Crippen LogP contribution in [0.1, 0.15) is 38.2 Å². The molecule has 110 valence electrons. The smallest absolute Gasteiger partial charge is 0.238 e. The van der Waals surface area contributed by atoms with Crippen LogP contribution in [0, 0.1) is 0 Å². The molecule has 4 nitrogen and oxygen atoms in total. The maximum atomic E-state index is 12.0. The van der Waals surface area contributed by atoms with Crippen LogP contribution in [0.2, 0.25) is 0 Å². The van der Waals surface area contributed by atoms with Crippen LogP contribution in [-0.2, 0) is 4.79 Å². The van der Waals surface area contributed by atoms with Gasteiger partial charge in [0.1, 0.15) is 0 Å². The van der Waals surface area contributed by atoms with Gasteiger partial charge in [0, 0.05) is 12.2 Å². The summed E-state index contributed by atoms with van der Waals surface area (Å²) in [5, 5.41) is 12.5. The van der Waals surface area contributed by atoms with Crippen LogP contribution in [-0.4, -0.2) is 41.7 Å². The van der Waals surface area contributed by atoms with Gasteiger partial charge in [-0.05, 0) is 43.0 Å². The predicted molar refractivity (Wildman–Crippen MR) is 80.8 cm³/mol. The number of nitrogens with zero attached hydrogens (tertiary/aromatic N) is 1. The molecule has 0 bridgehead atoms. The Labute approximate surface area is 120 Å². The van der Waals surface area contributed by atoms with Gasteiger partial charge in [0.15, 0.2) is 0 Å². The van der Waals surface area contributed by atoms with Gasteiger partial charge in [0.05, 0.1) is 12.6 Å². The lowest BCUT2D eigenvalue weighted by atomic mass is 10.0. The van der Waals surface area contributed by atoms with E-state index in [4.69, 9.17) is 0 Å². The normalized spacial score (nSPS) is 20.1. The number of benzene rings is 1. The number of hydrogen-bond donors (Lipinski definition) is 2. The van der Waals surface area contributed by atoms with Gasteiger partial charge in [-0.3, -0.25) is 9.69 Å². The van der Waals surface area contributed by atoms with Gasteiger partial charge in [0.25, 0.3) is 0 Å². The minimum atomic E-state index is -0.291. The van der Waals surface area contributed by atoms with Gasteiger partial charge in [0.2, 0.25) is 5.91 Å². The number of hydrogen-bond acceptors (Lipinski definition) is 3. The molecular weight excluding hydrogens is 252 g/mol. The monoisotopic (exact) mass is 276 g/mol. The Kier molecular flexibility index (Phi) is 5.15. The summed E-state index contributed by atoms with van der Waals surface area (Å²) in [5.41, 5.74) is 2.06. The highest BCUT2D eigenvalue weighted by Crippen LogP contribution is 2.18. The van der Waals surface area contributed by atoms with Crippen LogP contribution in [0.25, 0.3) is 0 Å². The topological polar surface area (TPSA) is 52.6 Å². The van der Waals surface area contributed by atoms with Crippen molar-refractivity contribution in [3.63, 3.8) is 0 Å². The van der Waals surface area contributed by atoms with Crippen molar-refractivity contribution in [1.82, 2.24) is 4.90 Å². The zero-order chi connectivity index (χ0) is 14.5. The molecule has 0 aromatic heterocycles. The van der Waals surface area contributed by atoms with Crippen molar-refractivity contribution in [3.05, 3.63) is 29.8 Å². The molecule has 1 aromatic carbocycles. The quantitative estimate of drug-likeness (QED) is 0.886. The molecule has 20 heavy (non-hydrogen) atoms. The highest BCUT2D eigenvalue weighted by Gasteiger charge is 2.19. The van der Waals surface area contributed by atoms with Gasteiger partial charge in [-0.2, -0.15) is 0 Å². The van der Waals surface area contributed by atoms with E-state index < -0.39 is 0 Å². The number of amides is 1. The first-order chi connectivity index (χ1) is 9.54. The standard InChI is InChI=1S/C16H24N2O2/c1-12(2)13-5-3-6-14(9-13)17-16(20)11-18-8-4-7-15(19)10-18/h3,5-6,9,12,15,19H,4,7-8,10-11H2,1-2H3,(H,17,20). The summed E-state index contributed by atoms with van der Waals surface area (Å²) in [6.07, 6.45) is 1.51. The van der Waals surface area contributed by atoms with Crippen molar-refractivity contribution in [2.45, 2.75) is 38.7 Å². The summed E-state index contributed by atoms with van der Waals surface area (Å²) in [6, 6.07) is 7.97. The molecule has 0 aliphatic carbocycles. The number of rotatable bonds is 4. The van der Waals surface area contributed by atoms with E-state index in [9.17, 15) is 9.90 Å². The minimum absolute atomic E-state index is 0.0139. The second-order valence-corrected chi connectivity index (χ2v) is 5.86. The molecule has 4 heteroatoms. The second-order valence-electron chi connectivity index (χ2n) is 5.86. The summed E-state index contributed by atoms with van der Waals surface area (Å²) >= 11 is 0. The van der Waals surface area contributed by atoms with E-state index in [0.29, 0.717) is 19.0 Å². The molecule has 1 aliphatic heterocycles. The van der Waals surface area contributed by atoms with Gasteiger partial charge in [-0.1, -0.05) is 26.0 Å². The second kappa shape index (κ2) is 6.86. The molecule has 1 saturated heterocycles. The molecule has 2 rings (SSSR count). The van der Waals surface area contributed by atoms with E-state index >= 15 is 0 Å². The number of piperidine rings is 1. The Balaban J connectivity index is 1.89. The summed E-state index contributed by atoms with van der Waals surface area (Å²) < 4.78 is 0. The number of carbonyl (C=O) groups excluding carboxylic acids is 1. The highest BCUT2D eigenvalue weighted by molar-refractivity contribution is 5.92. The van der Waals surface area contributed by atoms with Gasteiger partial charge in [-0.15, -0.1) is 0 Å². The molecule has 0 radical (unpaired) electrons. The number of aliphatic hydroxyl groups is 1. The maximum absolute atomic E-state index is 12.0. The van der Waals surface area contributed by atoms with Crippen LogP contribution in [0.5, 0.6) is 0 Å². The van der Waals surface area contributed by atoms with E-state index in [1.54, 1.807) is 0 Å². The zero-order valence-electron chi connectivity index (χ0n) is 12.3. The lowest BCUT2D eigenvalue weighted by Gasteiger charge is -2.29. The molecule has 1 unspecified atom stereocenters. The largest absolute Gasteiger partial charge is 0.392 e. The van der Waals surface area contributed by atoms with Gasteiger partial charge in [-0.25, -0.2) is 0 Å². The molecule has 1 heterocycles. The number of likely N-dealkylation sites (tertiary alicyclic amines) is 1. The summed E-state index contributed by atoms with van der Waals surface area (Å²) in [4.78, 5) is 14.0. The minimum Gasteiger partial charge on any atom is -0.392 e. The lowest BCUT2D eigenvalue weighted by Crippen LogP contribution is -2.42. The van der Waals surface area contributed by atoms with Crippen molar-refractivity contribution in [1.29, 1.82) is 0 Å². The van der Waals surface area contributed by atoms with Crippen LogP contribution < -0.4 is 5.32 Å². The Morgan fingerprint density at radius 2 is 2.30 bits per heavy atom. The Morgan fingerprint density at radius 3 is 3.00 bits per heavy atom. The molecule has 1 amide bonds. The molecule has 0 saturated carbocycles. The average Bonchev–Trinajstić information content (AvgIpc) is 2.38. The summed E-state index contributed by atoms with van der Waals surface area (Å²) in [6.45, 7) is 6.10. The van der Waals surface area contributed by atoms with Crippen LogP contribution in [0.3, 0.4) is 0 Å². The van der Waals surface area contributed by atoms with E-state index in [1.165, 1.54) is 5.56 Å². The molecule has 1 fully saturated rings. The SMILES string of the molecule is CC(C)c1cccc(NC(=O)CN2CCCC(O)C2)c1. The fraction of sp³-hybridized carbons (Fsp3) is 0.562. The van der Waals surface area contributed by atoms with E-state index in [-0.39, 0.29) is 12.0 Å². The van der Waals surface area contributed by atoms with Crippen molar-refractivity contribution in [2.24, 2.45) is 0 Å². The van der Waals surface area contributed by atoms with Crippen LogP contribution in [0.15, 0.2) is 24.3 Å². The van der Waals surface area contributed by atoms with Crippen LogP contribution in [0.4, 0.5) is 5.69 Å². The summed E-state index contributed by atoms with van der Waals surface area (Å²) in [7, 11) is 0. The lowest BCUT2D eigenvalue weighted by molar-refractivity contribution is -0.118. The average molecular weight is 276 g/mol. The first-order valence-corrected chi connectivity index (χ1v) is 7.35. The first kappa shape index (κ1) is 15.0. The molecule has 1 aromatic rings. The van der Waals surface area contributed by atoms with Gasteiger partial charge < -0.3 is 10.4 Å². The third-order valence-electron chi connectivity index (χ3n) is 3.68. The number of nitrogens with one attached hydrogen (secondary N) is 1. The van der Waals surface area contributed by atoms with Crippen molar-refractivity contribution >= 4 is 11.6 Å². The van der Waals surface area contributed by atoms with E-state index in [1.807, 2.05) is 23.1 Å². The van der Waals surface area contributed by atoms with Gasteiger partial charge >= 0.3 is 0 Å². The zero-order valence-corrected chi connectivity index (χ0v) is 12.3. The Morgan fingerprint density at radius 1 is 1.50 bits per heavy atom. The number of aliphatic hydroxyl groups excluding tert-OH is 1. The molecule has 2 N–H and O–H groups in total. The number of β-amino-alcohol motifs (C(OH)–C–C–N with tert-alkyl or cyclic N) is 1. The van der Waals surface area contributed by atoms with Crippen LogP contribution >= 0.6 is 0 Å². The first-order valence-electron chi connectivity index (χ1n) is 7.35. The number of carbonyl (C=O) groups is 1. The number of anilines is 1. The van der Waals surface area contributed by atoms with Crippen molar-refractivity contribution in [2.75, 3.05) is 25.0 Å². The third kappa shape index (κ3) is 4.32. The predicted octanol–water partition coefficient (Wildman–Crippen LogP) is 2.21. The fourth-order valence-corrected chi connectivity index (χ4v) is 2.55. The maximum Gasteiger partial charge on any atom is 0.238 e. The highest BCUT2D eigenvalue weighted by atomic mass is 16.3. The Bertz CT molecular complexity index is 460. The summed E-state index contributed by atoms with van der Waals surface area (Å²) in [5.74, 6) is 0.434. The Hall–Kier alpha value is -1.39. The molecule has 1 atom stereocenters. The van der Waals surface area contributed by atoms with E-state index in [2.05, 4.69) is 25.2 Å². The van der Waals surface area contributed by atoms with Crippen molar-refractivity contribution in [3.8, 4) is 0 Å².